The number of halogens is 4. The van der Waals surface area contributed by atoms with Crippen LogP contribution in [0.5, 0.6) is 0 Å². The number of alkyl halides is 3. The summed E-state index contributed by atoms with van der Waals surface area (Å²) in [7, 11) is 0. The van der Waals surface area contributed by atoms with Gasteiger partial charge in [-0.15, -0.1) is 0 Å². The Kier molecular flexibility index (Phi) is 3.90. The van der Waals surface area contributed by atoms with Crippen LogP contribution in [0.3, 0.4) is 0 Å². The molecule has 0 saturated carbocycles. The summed E-state index contributed by atoms with van der Waals surface area (Å²) in [6.45, 7) is 0.267. The lowest BCUT2D eigenvalue weighted by atomic mass is 10.2. The number of nitrogens with zero attached hydrogens (tertiary/aromatic N) is 2. The quantitative estimate of drug-likeness (QED) is 0.934. The van der Waals surface area contributed by atoms with Gasteiger partial charge >= 0.3 is 6.18 Å². The van der Waals surface area contributed by atoms with Crippen LogP contribution in [0.4, 0.5) is 18.9 Å². The first-order valence-electron chi connectivity index (χ1n) is 5.32. The average molecular weight is 288 g/mol. The van der Waals surface area contributed by atoms with Crippen LogP contribution in [0, 0.1) is 0 Å². The molecule has 0 fully saturated rings. The van der Waals surface area contributed by atoms with E-state index in [0.29, 0.717) is 5.69 Å². The number of hydrogen-bond acceptors (Lipinski definition) is 3. The molecule has 100 valence electrons. The van der Waals surface area contributed by atoms with Crippen LogP contribution in [-0.4, -0.2) is 9.97 Å². The van der Waals surface area contributed by atoms with Crippen molar-refractivity contribution < 1.29 is 13.2 Å². The fraction of sp³-hybridized carbons (Fsp3) is 0.167. The molecule has 1 N–H and O–H groups in total. The fourth-order valence-electron chi connectivity index (χ4n) is 1.45. The minimum absolute atomic E-state index is 0.218. The van der Waals surface area contributed by atoms with Gasteiger partial charge < -0.3 is 5.32 Å². The van der Waals surface area contributed by atoms with Crippen LogP contribution in [0.2, 0.25) is 5.02 Å². The predicted octanol–water partition coefficient (Wildman–Crippen LogP) is 3.76. The highest BCUT2D eigenvalue weighted by molar-refractivity contribution is 6.33. The number of nitrogens with one attached hydrogen (secondary N) is 1. The summed E-state index contributed by atoms with van der Waals surface area (Å²) in [4.78, 5) is 7.71. The van der Waals surface area contributed by atoms with E-state index in [-0.39, 0.29) is 17.3 Å². The third kappa shape index (κ3) is 3.57. The Hall–Kier alpha value is -1.82. The predicted molar refractivity (Wildman–Crippen MR) is 65.8 cm³/mol. The molecular weight excluding hydrogens is 279 g/mol. The third-order valence-corrected chi connectivity index (χ3v) is 2.73. The summed E-state index contributed by atoms with van der Waals surface area (Å²) in [5.74, 6) is 0. The molecule has 1 aromatic carbocycles. The van der Waals surface area contributed by atoms with Crippen molar-refractivity contribution in [2.75, 3.05) is 5.32 Å². The summed E-state index contributed by atoms with van der Waals surface area (Å²) < 4.78 is 37.7. The molecule has 2 rings (SSSR count). The smallest absolute Gasteiger partial charge is 0.378 e. The second kappa shape index (κ2) is 5.44. The second-order valence-corrected chi connectivity index (χ2v) is 4.15. The molecule has 0 unspecified atom stereocenters. The Morgan fingerprint density at radius 1 is 1.21 bits per heavy atom. The van der Waals surface area contributed by atoms with Gasteiger partial charge in [0.25, 0.3) is 0 Å². The fourth-order valence-corrected chi connectivity index (χ4v) is 1.63. The maximum atomic E-state index is 12.6. The van der Waals surface area contributed by atoms with E-state index in [2.05, 4.69) is 15.3 Å². The summed E-state index contributed by atoms with van der Waals surface area (Å²) in [5.41, 5.74) is 0.126. The lowest BCUT2D eigenvalue weighted by molar-refractivity contribution is -0.137. The minimum atomic E-state index is -4.39. The molecule has 7 heteroatoms. The van der Waals surface area contributed by atoms with Crippen molar-refractivity contribution in [3.63, 3.8) is 0 Å². The first kappa shape index (κ1) is 13.6. The molecule has 19 heavy (non-hydrogen) atoms. The molecule has 1 heterocycles. The van der Waals surface area contributed by atoms with E-state index in [4.69, 9.17) is 11.6 Å². The Morgan fingerprint density at radius 2 is 2.00 bits per heavy atom. The van der Waals surface area contributed by atoms with Gasteiger partial charge in [-0.3, -0.25) is 0 Å². The van der Waals surface area contributed by atoms with Crippen LogP contribution >= 0.6 is 11.6 Å². The molecule has 0 amide bonds. The average Bonchev–Trinajstić information content (AvgIpc) is 2.37. The maximum absolute atomic E-state index is 12.6. The topological polar surface area (TPSA) is 37.8 Å². The Balaban J connectivity index is 2.16. The monoisotopic (exact) mass is 287 g/mol. The van der Waals surface area contributed by atoms with Crippen molar-refractivity contribution in [3.05, 3.63) is 53.1 Å². The molecule has 0 saturated heterocycles. The van der Waals surface area contributed by atoms with Gasteiger partial charge in [0.15, 0.2) is 0 Å². The van der Waals surface area contributed by atoms with Gasteiger partial charge in [0, 0.05) is 6.20 Å². The molecule has 0 bridgehead atoms. The van der Waals surface area contributed by atoms with Crippen molar-refractivity contribution in [1.82, 2.24) is 9.97 Å². The van der Waals surface area contributed by atoms with Gasteiger partial charge in [-0.05, 0) is 24.3 Å². The normalized spacial score (nSPS) is 11.4. The van der Waals surface area contributed by atoms with Crippen LogP contribution in [-0.2, 0) is 12.7 Å². The number of hydrogen-bond donors (Lipinski definition) is 1. The van der Waals surface area contributed by atoms with Gasteiger partial charge in [-0.2, -0.15) is 13.2 Å². The number of aromatic nitrogens is 2. The van der Waals surface area contributed by atoms with Crippen molar-refractivity contribution in [2.24, 2.45) is 0 Å². The van der Waals surface area contributed by atoms with Crippen molar-refractivity contribution >= 4 is 17.3 Å². The molecule has 0 spiro atoms. The highest BCUT2D eigenvalue weighted by Crippen LogP contribution is 2.33. The van der Waals surface area contributed by atoms with E-state index >= 15 is 0 Å². The van der Waals surface area contributed by atoms with E-state index in [1.165, 1.54) is 12.4 Å². The molecule has 2 aromatic rings. The van der Waals surface area contributed by atoms with E-state index < -0.39 is 11.7 Å². The summed E-state index contributed by atoms with van der Waals surface area (Å²) in [6.07, 6.45) is -1.47. The molecule has 0 aliphatic carbocycles. The highest BCUT2D eigenvalue weighted by Gasteiger charge is 2.30. The van der Waals surface area contributed by atoms with Gasteiger partial charge in [-0.1, -0.05) is 11.6 Å². The Morgan fingerprint density at radius 3 is 2.63 bits per heavy atom. The maximum Gasteiger partial charge on any atom is 0.416 e. The van der Waals surface area contributed by atoms with Crippen LogP contribution in [0.15, 0.2) is 36.8 Å². The molecular formula is C12H9ClF3N3. The molecule has 3 nitrogen and oxygen atoms in total. The first-order valence-corrected chi connectivity index (χ1v) is 5.70. The zero-order valence-corrected chi connectivity index (χ0v) is 10.3. The van der Waals surface area contributed by atoms with Crippen molar-refractivity contribution in [2.45, 2.75) is 12.7 Å². The zero-order valence-electron chi connectivity index (χ0n) is 9.58. The van der Waals surface area contributed by atoms with Gasteiger partial charge in [0.2, 0.25) is 0 Å². The molecule has 1 aromatic heterocycles. The van der Waals surface area contributed by atoms with Gasteiger partial charge in [-0.25, -0.2) is 9.97 Å². The largest absolute Gasteiger partial charge is 0.416 e. The van der Waals surface area contributed by atoms with Crippen molar-refractivity contribution in [1.29, 1.82) is 0 Å². The number of rotatable bonds is 3. The number of benzene rings is 1. The van der Waals surface area contributed by atoms with Crippen LogP contribution in [0.25, 0.3) is 0 Å². The van der Waals surface area contributed by atoms with E-state index in [1.54, 1.807) is 12.3 Å². The SMILES string of the molecule is FC(F)(F)c1ccc(Cl)c(NCc2ccncn2)c1. The molecule has 0 atom stereocenters. The van der Waals surface area contributed by atoms with E-state index in [0.717, 1.165) is 12.1 Å². The zero-order chi connectivity index (χ0) is 13.9. The minimum Gasteiger partial charge on any atom is -0.378 e. The molecule has 0 aliphatic heterocycles. The Bertz CT molecular complexity index is 558. The highest BCUT2D eigenvalue weighted by atomic mass is 35.5. The first-order chi connectivity index (χ1) is 8.97. The lowest BCUT2D eigenvalue weighted by Gasteiger charge is -2.12. The lowest BCUT2D eigenvalue weighted by Crippen LogP contribution is -2.07. The molecule has 0 radical (unpaired) electrons. The summed E-state index contributed by atoms with van der Waals surface area (Å²) >= 11 is 5.85. The van der Waals surface area contributed by atoms with Gasteiger partial charge in [0.05, 0.1) is 28.5 Å². The summed E-state index contributed by atoms with van der Waals surface area (Å²) in [5, 5.41) is 3.04. The number of anilines is 1. The van der Waals surface area contributed by atoms with Gasteiger partial charge in [0.1, 0.15) is 6.33 Å². The Labute approximate surface area is 112 Å². The summed E-state index contributed by atoms with van der Waals surface area (Å²) in [6, 6.07) is 4.79. The van der Waals surface area contributed by atoms with Crippen molar-refractivity contribution in [3.8, 4) is 0 Å². The van der Waals surface area contributed by atoms with E-state index in [1.807, 2.05) is 0 Å². The molecule has 0 aliphatic rings. The standard InChI is InChI=1S/C12H9ClF3N3/c13-10-2-1-8(12(14,15)16)5-11(10)18-6-9-3-4-17-7-19-9/h1-5,7,18H,6H2. The van der Waals surface area contributed by atoms with E-state index in [9.17, 15) is 13.2 Å². The third-order valence-electron chi connectivity index (χ3n) is 2.40. The second-order valence-electron chi connectivity index (χ2n) is 3.75. The van der Waals surface area contributed by atoms with Crippen LogP contribution in [0.1, 0.15) is 11.3 Å². The van der Waals surface area contributed by atoms with Crippen LogP contribution < -0.4 is 5.32 Å².